The normalized spacial score (nSPS) is 17.5. The van der Waals surface area contributed by atoms with Crippen LogP contribution < -0.4 is 27.8 Å². The largest absolute Gasteiger partial charge is 0.480 e. The number of carbonyl (C=O) groups is 6. The molecule has 1 saturated heterocycles. The molecule has 1 aromatic carbocycles. The lowest BCUT2D eigenvalue weighted by Gasteiger charge is -2.30. The van der Waals surface area contributed by atoms with Crippen LogP contribution in [0, 0.1) is 0 Å². The standard InChI is InChI=1S/C23H32N6O7/c24-14(12-19(26)31)20(32)27-15(8-9-18(25)30)22(34)29-10-4-7-17(29)21(33)28-16(23(35)36)11-13-5-2-1-3-6-13/h1-3,5-6,14-17H,4,7-12,24H2,(H2,25,30)(H2,26,31)(H,27,32)(H,28,33)(H,35,36). The summed E-state index contributed by atoms with van der Waals surface area (Å²) < 4.78 is 0. The molecule has 0 aromatic heterocycles. The van der Waals surface area contributed by atoms with Crippen LogP contribution in [-0.4, -0.2) is 76.2 Å². The first kappa shape index (κ1) is 28.2. The lowest BCUT2D eigenvalue weighted by Crippen LogP contribution is -2.57. The molecule has 0 aliphatic carbocycles. The Hall–Kier alpha value is -4.00. The van der Waals surface area contributed by atoms with Gasteiger partial charge in [0.1, 0.15) is 18.1 Å². The zero-order chi connectivity index (χ0) is 26.8. The number of carboxylic acid groups (broad SMARTS) is 1. The number of amides is 5. The fourth-order valence-electron chi connectivity index (χ4n) is 3.95. The minimum atomic E-state index is -1.31. The number of nitrogens with two attached hydrogens (primary N) is 3. The SMILES string of the molecule is NC(=O)CCC(NC(=O)C(N)CC(N)=O)C(=O)N1CCCC1C(=O)NC(Cc1ccccc1)C(=O)O. The molecule has 36 heavy (non-hydrogen) atoms. The van der Waals surface area contributed by atoms with E-state index in [0.29, 0.717) is 12.0 Å². The van der Waals surface area contributed by atoms with Crippen molar-refractivity contribution in [3.8, 4) is 0 Å². The molecular weight excluding hydrogens is 472 g/mol. The Morgan fingerprint density at radius 1 is 1.00 bits per heavy atom. The van der Waals surface area contributed by atoms with Crippen molar-refractivity contribution >= 4 is 35.5 Å². The van der Waals surface area contributed by atoms with E-state index in [1.165, 1.54) is 4.90 Å². The van der Waals surface area contributed by atoms with E-state index in [2.05, 4.69) is 10.6 Å². The number of hydrogen-bond donors (Lipinski definition) is 6. The molecule has 1 fully saturated rings. The number of aliphatic carboxylic acids is 1. The second-order valence-corrected chi connectivity index (χ2v) is 8.62. The van der Waals surface area contributed by atoms with Crippen molar-refractivity contribution in [1.29, 1.82) is 0 Å². The molecular formula is C23H32N6O7. The third-order valence-corrected chi connectivity index (χ3v) is 5.79. The molecule has 13 nitrogen and oxygen atoms in total. The maximum atomic E-state index is 13.3. The fraction of sp³-hybridized carbons (Fsp3) is 0.478. The van der Waals surface area contributed by atoms with Gasteiger partial charge < -0.3 is 37.8 Å². The Balaban J connectivity index is 2.14. The summed E-state index contributed by atoms with van der Waals surface area (Å²) >= 11 is 0. The lowest BCUT2D eigenvalue weighted by atomic mass is 10.0. The van der Waals surface area contributed by atoms with Gasteiger partial charge >= 0.3 is 5.97 Å². The fourth-order valence-corrected chi connectivity index (χ4v) is 3.95. The Labute approximate surface area is 207 Å². The molecule has 9 N–H and O–H groups in total. The van der Waals surface area contributed by atoms with Crippen molar-refractivity contribution in [2.75, 3.05) is 6.54 Å². The number of carbonyl (C=O) groups excluding carboxylic acids is 5. The van der Waals surface area contributed by atoms with Crippen LogP contribution in [0.25, 0.3) is 0 Å². The summed E-state index contributed by atoms with van der Waals surface area (Å²) in [6, 6.07) is 4.04. The van der Waals surface area contributed by atoms with Gasteiger partial charge in [0.25, 0.3) is 0 Å². The van der Waals surface area contributed by atoms with Gasteiger partial charge in [0.15, 0.2) is 0 Å². The van der Waals surface area contributed by atoms with E-state index in [0.717, 1.165) is 0 Å². The van der Waals surface area contributed by atoms with E-state index in [1.54, 1.807) is 30.3 Å². The van der Waals surface area contributed by atoms with E-state index < -0.39 is 66.1 Å². The van der Waals surface area contributed by atoms with Crippen LogP contribution in [0.15, 0.2) is 30.3 Å². The Morgan fingerprint density at radius 2 is 1.67 bits per heavy atom. The number of benzene rings is 1. The summed E-state index contributed by atoms with van der Waals surface area (Å²) in [5.74, 6) is -4.86. The highest BCUT2D eigenvalue weighted by Gasteiger charge is 2.39. The maximum absolute atomic E-state index is 13.3. The first-order valence-electron chi connectivity index (χ1n) is 11.5. The molecule has 5 amide bonds. The first-order chi connectivity index (χ1) is 17.0. The highest BCUT2D eigenvalue weighted by Crippen LogP contribution is 2.20. The monoisotopic (exact) mass is 504 g/mol. The molecule has 0 bridgehead atoms. The highest BCUT2D eigenvalue weighted by molar-refractivity contribution is 5.95. The molecule has 4 unspecified atom stereocenters. The smallest absolute Gasteiger partial charge is 0.326 e. The molecule has 0 saturated carbocycles. The van der Waals surface area contributed by atoms with Crippen molar-refractivity contribution in [1.82, 2.24) is 15.5 Å². The summed E-state index contributed by atoms with van der Waals surface area (Å²) in [4.78, 5) is 74.0. The number of likely N-dealkylation sites (tertiary alicyclic amines) is 1. The van der Waals surface area contributed by atoms with Crippen molar-refractivity contribution < 1.29 is 33.9 Å². The second kappa shape index (κ2) is 13.2. The van der Waals surface area contributed by atoms with E-state index in [1.807, 2.05) is 0 Å². The van der Waals surface area contributed by atoms with E-state index in [9.17, 15) is 33.9 Å². The van der Waals surface area contributed by atoms with Gasteiger partial charge in [0, 0.05) is 19.4 Å². The Bertz CT molecular complexity index is 986. The van der Waals surface area contributed by atoms with Gasteiger partial charge in [-0.3, -0.25) is 24.0 Å². The van der Waals surface area contributed by atoms with Gasteiger partial charge in [0.2, 0.25) is 29.5 Å². The van der Waals surface area contributed by atoms with Gasteiger partial charge in [-0.25, -0.2) is 4.79 Å². The highest BCUT2D eigenvalue weighted by atomic mass is 16.4. The van der Waals surface area contributed by atoms with Gasteiger partial charge in [0.05, 0.1) is 12.5 Å². The van der Waals surface area contributed by atoms with Crippen LogP contribution in [-0.2, 0) is 35.2 Å². The molecule has 4 atom stereocenters. The molecule has 13 heteroatoms. The molecule has 1 aliphatic heterocycles. The van der Waals surface area contributed by atoms with Crippen LogP contribution in [0.5, 0.6) is 0 Å². The maximum Gasteiger partial charge on any atom is 0.326 e. The van der Waals surface area contributed by atoms with Crippen LogP contribution >= 0.6 is 0 Å². The molecule has 1 aliphatic rings. The Morgan fingerprint density at radius 3 is 2.25 bits per heavy atom. The van der Waals surface area contributed by atoms with E-state index in [-0.39, 0.29) is 32.2 Å². The number of nitrogens with zero attached hydrogens (tertiary/aromatic N) is 1. The summed E-state index contributed by atoms with van der Waals surface area (Å²) in [6.45, 7) is 0.184. The third-order valence-electron chi connectivity index (χ3n) is 5.79. The van der Waals surface area contributed by atoms with Crippen LogP contribution in [0.3, 0.4) is 0 Å². The minimum Gasteiger partial charge on any atom is -0.480 e. The number of carboxylic acids is 1. The topological polar surface area (TPSA) is 228 Å². The second-order valence-electron chi connectivity index (χ2n) is 8.62. The first-order valence-corrected chi connectivity index (χ1v) is 11.5. The third kappa shape index (κ3) is 8.34. The van der Waals surface area contributed by atoms with E-state index >= 15 is 0 Å². The van der Waals surface area contributed by atoms with Gasteiger partial charge in [-0.15, -0.1) is 0 Å². The van der Waals surface area contributed by atoms with Crippen LogP contribution in [0.4, 0.5) is 0 Å². The number of primary amides is 2. The van der Waals surface area contributed by atoms with Crippen LogP contribution in [0.2, 0.25) is 0 Å². The van der Waals surface area contributed by atoms with Crippen molar-refractivity contribution in [3.63, 3.8) is 0 Å². The van der Waals surface area contributed by atoms with Crippen LogP contribution in [0.1, 0.15) is 37.7 Å². The average molecular weight is 505 g/mol. The number of nitrogens with one attached hydrogen (secondary N) is 2. The van der Waals surface area contributed by atoms with E-state index in [4.69, 9.17) is 17.2 Å². The summed E-state index contributed by atoms with van der Waals surface area (Å²) in [7, 11) is 0. The molecule has 0 radical (unpaired) electrons. The minimum absolute atomic E-state index is 0.0532. The summed E-state index contributed by atoms with van der Waals surface area (Å²) in [5.41, 5.74) is 16.6. The van der Waals surface area contributed by atoms with Crippen molar-refractivity contribution in [2.45, 2.75) is 62.7 Å². The summed E-state index contributed by atoms with van der Waals surface area (Å²) in [5, 5.41) is 14.5. The lowest BCUT2D eigenvalue weighted by molar-refractivity contribution is -0.145. The predicted octanol–water partition coefficient (Wildman–Crippen LogP) is -2.26. The summed E-state index contributed by atoms with van der Waals surface area (Å²) in [6.07, 6.45) is -0.0256. The molecule has 2 rings (SSSR count). The van der Waals surface area contributed by atoms with Gasteiger partial charge in [-0.05, 0) is 24.8 Å². The van der Waals surface area contributed by atoms with Gasteiger partial charge in [-0.2, -0.15) is 0 Å². The number of rotatable bonds is 13. The average Bonchev–Trinajstić information content (AvgIpc) is 3.31. The molecule has 1 aromatic rings. The number of hydrogen-bond acceptors (Lipinski definition) is 7. The molecule has 1 heterocycles. The zero-order valence-electron chi connectivity index (χ0n) is 19.7. The zero-order valence-corrected chi connectivity index (χ0v) is 19.7. The van der Waals surface area contributed by atoms with Gasteiger partial charge in [-0.1, -0.05) is 30.3 Å². The van der Waals surface area contributed by atoms with Crippen molar-refractivity contribution in [3.05, 3.63) is 35.9 Å². The quantitative estimate of drug-likeness (QED) is 0.171. The Kier molecular flexibility index (Phi) is 10.3. The molecule has 196 valence electrons. The predicted molar refractivity (Wildman–Crippen MR) is 127 cm³/mol. The molecule has 0 spiro atoms. The van der Waals surface area contributed by atoms with Crippen molar-refractivity contribution in [2.24, 2.45) is 17.2 Å².